The molecular formula is C13H19NO2. The molecule has 0 bridgehead atoms. The van der Waals surface area contributed by atoms with Gasteiger partial charge < -0.3 is 15.6 Å². The minimum atomic E-state index is -0.325. The quantitative estimate of drug-likeness (QED) is 0.806. The van der Waals surface area contributed by atoms with Crippen LogP contribution < -0.4 is 10.5 Å². The third kappa shape index (κ3) is 1.65. The largest absolute Gasteiger partial charge is 0.504 e. The highest BCUT2D eigenvalue weighted by Gasteiger charge is 2.35. The number of benzene rings is 1. The van der Waals surface area contributed by atoms with Gasteiger partial charge in [-0.1, -0.05) is 18.9 Å². The second-order valence-electron chi connectivity index (χ2n) is 4.67. The highest BCUT2D eigenvalue weighted by Crippen LogP contribution is 2.45. The van der Waals surface area contributed by atoms with Crippen molar-refractivity contribution in [3.63, 3.8) is 0 Å². The van der Waals surface area contributed by atoms with Crippen molar-refractivity contribution in [3.05, 3.63) is 23.3 Å². The summed E-state index contributed by atoms with van der Waals surface area (Å²) < 4.78 is 5.30. The van der Waals surface area contributed by atoms with Crippen LogP contribution in [0.1, 0.15) is 36.8 Å². The van der Waals surface area contributed by atoms with Crippen LogP contribution >= 0.6 is 0 Å². The molecule has 0 atom stereocenters. The smallest absolute Gasteiger partial charge is 0.165 e. The van der Waals surface area contributed by atoms with E-state index >= 15 is 0 Å². The molecule has 2 rings (SSSR count). The highest BCUT2D eigenvalue weighted by atomic mass is 16.5. The van der Waals surface area contributed by atoms with E-state index in [0.717, 1.165) is 36.8 Å². The van der Waals surface area contributed by atoms with Crippen molar-refractivity contribution in [2.24, 2.45) is 5.73 Å². The SMILES string of the molecule is COc1c(O)ccc(C)c1C1(N)CCCC1. The van der Waals surface area contributed by atoms with E-state index in [2.05, 4.69) is 0 Å². The maximum absolute atomic E-state index is 9.81. The van der Waals surface area contributed by atoms with Gasteiger partial charge in [-0.3, -0.25) is 0 Å². The van der Waals surface area contributed by atoms with Gasteiger partial charge in [0.2, 0.25) is 0 Å². The lowest BCUT2D eigenvalue weighted by Crippen LogP contribution is -2.34. The van der Waals surface area contributed by atoms with E-state index in [9.17, 15) is 5.11 Å². The molecule has 3 nitrogen and oxygen atoms in total. The lowest BCUT2D eigenvalue weighted by atomic mass is 9.85. The molecule has 0 spiro atoms. The Morgan fingerprint density at radius 1 is 1.31 bits per heavy atom. The summed E-state index contributed by atoms with van der Waals surface area (Å²) in [7, 11) is 1.58. The van der Waals surface area contributed by atoms with Crippen molar-refractivity contribution < 1.29 is 9.84 Å². The van der Waals surface area contributed by atoms with Gasteiger partial charge in [0.25, 0.3) is 0 Å². The van der Waals surface area contributed by atoms with Crippen LogP contribution in [0.3, 0.4) is 0 Å². The first kappa shape index (κ1) is 11.3. The third-order valence-corrected chi connectivity index (χ3v) is 3.54. The van der Waals surface area contributed by atoms with Gasteiger partial charge in [-0.05, 0) is 31.4 Å². The van der Waals surface area contributed by atoms with E-state index in [1.165, 1.54) is 0 Å². The van der Waals surface area contributed by atoms with Crippen LogP contribution in [0.25, 0.3) is 0 Å². The molecule has 0 amide bonds. The predicted molar refractivity (Wildman–Crippen MR) is 63.7 cm³/mol. The summed E-state index contributed by atoms with van der Waals surface area (Å²) in [4.78, 5) is 0. The fourth-order valence-electron chi connectivity index (χ4n) is 2.75. The molecule has 0 aromatic heterocycles. The number of rotatable bonds is 2. The van der Waals surface area contributed by atoms with Crippen LogP contribution in [-0.2, 0) is 5.54 Å². The molecule has 0 unspecified atom stereocenters. The van der Waals surface area contributed by atoms with Crippen molar-refractivity contribution in [1.29, 1.82) is 0 Å². The van der Waals surface area contributed by atoms with Gasteiger partial charge in [0.05, 0.1) is 7.11 Å². The number of hydrogen-bond acceptors (Lipinski definition) is 3. The van der Waals surface area contributed by atoms with Crippen LogP contribution in [0.15, 0.2) is 12.1 Å². The van der Waals surface area contributed by atoms with Crippen molar-refractivity contribution in [2.45, 2.75) is 38.1 Å². The van der Waals surface area contributed by atoms with E-state index in [1.54, 1.807) is 13.2 Å². The molecule has 1 aromatic rings. The van der Waals surface area contributed by atoms with Gasteiger partial charge in [0, 0.05) is 11.1 Å². The number of hydrogen-bond donors (Lipinski definition) is 2. The number of methoxy groups -OCH3 is 1. The first-order valence-corrected chi connectivity index (χ1v) is 5.74. The van der Waals surface area contributed by atoms with Gasteiger partial charge in [-0.2, -0.15) is 0 Å². The number of aryl methyl sites for hydroxylation is 1. The van der Waals surface area contributed by atoms with E-state index in [1.807, 2.05) is 13.0 Å². The number of phenolic OH excluding ortho intramolecular Hbond substituents is 1. The Bertz CT molecular complexity index is 395. The van der Waals surface area contributed by atoms with Crippen LogP contribution in [0.4, 0.5) is 0 Å². The Kier molecular flexibility index (Phi) is 2.80. The summed E-state index contributed by atoms with van der Waals surface area (Å²) in [6, 6.07) is 3.57. The summed E-state index contributed by atoms with van der Waals surface area (Å²) in [5.41, 5.74) is 8.19. The standard InChI is InChI=1S/C13H19NO2/c1-9-5-6-10(15)12(16-2)11(9)13(14)7-3-4-8-13/h5-6,15H,3-4,7-8,14H2,1-2H3. The zero-order chi connectivity index (χ0) is 11.8. The predicted octanol–water partition coefficient (Wildman–Crippen LogP) is 2.44. The zero-order valence-corrected chi connectivity index (χ0v) is 9.92. The third-order valence-electron chi connectivity index (χ3n) is 3.54. The van der Waals surface area contributed by atoms with Crippen LogP contribution in [0.5, 0.6) is 11.5 Å². The molecule has 1 aliphatic carbocycles. The highest BCUT2D eigenvalue weighted by molar-refractivity contribution is 5.53. The summed E-state index contributed by atoms with van der Waals surface area (Å²) in [6.45, 7) is 2.02. The molecule has 88 valence electrons. The fraction of sp³-hybridized carbons (Fsp3) is 0.538. The summed E-state index contributed by atoms with van der Waals surface area (Å²) in [5.74, 6) is 0.726. The maximum Gasteiger partial charge on any atom is 0.165 e. The van der Waals surface area contributed by atoms with Crippen molar-refractivity contribution in [2.75, 3.05) is 7.11 Å². The maximum atomic E-state index is 9.81. The molecule has 0 aliphatic heterocycles. The van der Waals surface area contributed by atoms with Crippen molar-refractivity contribution in [1.82, 2.24) is 0 Å². The van der Waals surface area contributed by atoms with Crippen LogP contribution in [0.2, 0.25) is 0 Å². The number of ether oxygens (including phenoxy) is 1. The Labute approximate surface area is 96.2 Å². The second-order valence-corrected chi connectivity index (χ2v) is 4.67. The molecule has 3 N–H and O–H groups in total. The first-order valence-electron chi connectivity index (χ1n) is 5.74. The minimum absolute atomic E-state index is 0.180. The van der Waals surface area contributed by atoms with E-state index in [4.69, 9.17) is 10.5 Å². The van der Waals surface area contributed by atoms with Crippen LogP contribution in [-0.4, -0.2) is 12.2 Å². The molecule has 3 heteroatoms. The van der Waals surface area contributed by atoms with Crippen molar-refractivity contribution in [3.8, 4) is 11.5 Å². The summed E-state index contributed by atoms with van der Waals surface area (Å²) in [6.07, 6.45) is 4.23. The average molecular weight is 221 g/mol. The second kappa shape index (κ2) is 3.98. The summed E-state index contributed by atoms with van der Waals surface area (Å²) >= 11 is 0. The Morgan fingerprint density at radius 3 is 2.50 bits per heavy atom. The van der Waals surface area contributed by atoms with Gasteiger partial charge in [-0.25, -0.2) is 0 Å². The van der Waals surface area contributed by atoms with E-state index < -0.39 is 0 Å². The van der Waals surface area contributed by atoms with Crippen molar-refractivity contribution >= 4 is 0 Å². The Hall–Kier alpha value is -1.22. The van der Waals surface area contributed by atoms with E-state index in [0.29, 0.717) is 5.75 Å². The topological polar surface area (TPSA) is 55.5 Å². The van der Waals surface area contributed by atoms with Crippen LogP contribution in [0, 0.1) is 6.92 Å². The van der Waals surface area contributed by atoms with Gasteiger partial charge in [-0.15, -0.1) is 0 Å². The monoisotopic (exact) mass is 221 g/mol. The molecule has 1 aliphatic rings. The molecule has 0 saturated heterocycles. The lowest BCUT2D eigenvalue weighted by molar-refractivity contribution is 0.348. The van der Waals surface area contributed by atoms with Gasteiger partial charge >= 0.3 is 0 Å². The Morgan fingerprint density at radius 2 is 1.94 bits per heavy atom. The number of nitrogens with two attached hydrogens (primary N) is 1. The minimum Gasteiger partial charge on any atom is -0.504 e. The molecule has 1 fully saturated rings. The number of aromatic hydroxyl groups is 1. The lowest BCUT2D eigenvalue weighted by Gasteiger charge is -2.28. The van der Waals surface area contributed by atoms with Gasteiger partial charge in [0.15, 0.2) is 11.5 Å². The molecule has 0 heterocycles. The van der Waals surface area contributed by atoms with E-state index in [-0.39, 0.29) is 11.3 Å². The fourth-order valence-corrected chi connectivity index (χ4v) is 2.75. The molecular weight excluding hydrogens is 202 g/mol. The molecule has 1 aromatic carbocycles. The zero-order valence-electron chi connectivity index (χ0n) is 9.92. The summed E-state index contributed by atoms with van der Waals surface area (Å²) in [5, 5.41) is 9.81. The normalized spacial score (nSPS) is 18.7. The first-order chi connectivity index (χ1) is 7.58. The molecule has 16 heavy (non-hydrogen) atoms. The average Bonchev–Trinajstić information content (AvgIpc) is 2.69. The number of phenols is 1. The van der Waals surface area contributed by atoms with Gasteiger partial charge in [0.1, 0.15) is 0 Å². The Balaban J connectivity index is 2.57. The molecule has 0 radical (unpaired) electrons. The molecule has 1 saturated carbocycles.